The molecule has 2 aromatic rings. The molecule has 0 bridgehead atoms. The van der Waals surface area contributed by atoms with Crippen LogP contribution in [0.15, 0.2) is 36.4 Å². The largest absolute Gasteiger partial charge is 0.497 e. The third kappa shape index (κ3) is 2.27. The first-order chi connectivity index (χ1) is 9.67. The van der Waals surface area contributed by atoms with E-state index in [4.69, 9.17) is 9.84 Å². The van der Waals surface area contributed by atoms with E-state index in [0.717, 1.165) is 30.6 Å². The topological polar surface area (TPSA) is 46.5 Å². The Morgan fingerprint density at radius 3 is 2.50 bits per heavy atom. The van der Waals surface area contributed by atoms with Gasteiger partial charge in [0.1, 0.15) is 5.75 Å². The van der Waals surface area contributed by atoms with Crippen LogP contribution >= 0.6 is 0 Å². The molecule has 1 N–H and O–H groups in total. The van der Waals surface area contributed by atoms with Gasteiger partial charge in [0, 0.05) is 0 Å². The van der Waals surface area contributed by atoms with Crippen LogP contribution in [0, 0.1) is 0 Å². The molecule has 0 fully saturated rings. The second-order valence-electron chi connectivity index (χ2n) is 5.10. The Labute approximate surface area is 117 Å². The van der Waals surface area contributed by atoms with Crippen LogP contribution in [-0.2, 0) is 19.3 Å². The molecule has 102 valence electrons. The quantitative estimate of drug-likeness (QED) is 0.910. The Balaban J connectivity index is 2.02. The number of aromatic carboxylic acids is 1. The molecule has 0 saturated heterocycles. The van der Waals surface area contributed by atoms with Crippen molar-refractivity contribution in [1.82, 2.24) is 0 Å². The number of benzene rings is 2. The number of carboxylic acid groups (broad SMARTS) is 1. The van der Waals surface area contributed by atoms with Gasteiger partial charge < -0.3 is 9.84 Å². The standard InChI is InChI=1S/C17H16O3/c1-20-16-7-6-12-8-15-9-14(17(18)19)5-3-11(15)2-4-13(12)10-16/h3,5-7,9-10H,2,4,8H2,1H3,(H,18,19). The Hall–Kier alpha value is -2.29. The summed E-state index contributed by atoms with van der Waals surface area (Å²) in [6, 6.07) is 11.6. The summed E-state index contributed by atoms with van der Waals surface area (Å²) in [5, 5.41) is 9.10. The van der Waals surface area contributed by atoms with E-state index < -0.39 is 5.97 Å². The van der Waals surface area contributed by atoms with E-state index in [-0.39, 0.29) is 0 Å². The first-order valence-corrected chi connectivity index (χ1v) is 6.68. The Bertz CT molecular complexity index is 674. The molecule has 3 heteroatoms. The minimum absolute atomic E-state index is 0.362. The summed E-state index contributed by atoms with van der Waals surface area (Å²) < 4.78 is 5.27. The number of rotatable bonds is 2. The van der Waals surface area contributed by atoms with Crippen LogP contribution in [0.2, 0.25) is 0 Å². The van der Waals surface area contributed by atoms with Crippen molar-refractivity contribution < 1.29 is 14.6 Å². The molecule has 20 heavy (non-hydrogen) atoms. The summed E-state index contributed by atoms with van der Waals surface area (Å²) in [5.41, 5.74) is 5.27. The van der Waals surface area contributed by atoms with Crippen LogP contribution in [0.25, 0.3) is 0 Å². The van der Waals surface area contributed by atoms with Gasteiger partial charge in [-0.25, -0.2) is 4.79 Å². The molecule has 0 aromatic heterocycles. The highest BCUT2D eigenvalue weighted by Gasteiger charge is 2.15. The summed E-state index contributed by atoms with van der Waals surface area (Å²) in [7, 11) is 1.67. The van der Waals surface area contributed by atoms with E-state index in [9.17, 15) is 4.79 Å². The van der Waals surface area contributed by atoms with Crippen molar-refractivity contribution >= 4 is 5.97 Å². The smallest absolute Gasteiger partial charge is 0.335 e. The number of ether oxygens (including phenoxy) is 1. The minimum atomic E-state index is -0.869. The molecule has 0 saturated carbocycles. The number of hydrogen-bond acceptors (Lipinski definition) is 2. The Kier molecular flexibility index (Phi) is 3.18. The van der Waals surface area contributed by atoms with Gasteiger partial charge in [0.2, 0.25) is 0 Å². The molecule has 2 aromatic carbocycles. The molecule has 0 atom stereocenters. The minimum Gasteiger partial charge on any atom is -0.497 e. The summed E-state index contributed by atoms with van der Waals surface area (Å²) in [6.07, 6.45) is 2.69. The van der Waals surface area contributed by atoms with Crippen molar-refractivity contribution in [2.75, 3.05) is 7.11 Å². The monoisotopic (exact) mass is 268 g/mol. The van der Waals surface area contributed by atoms with Gasteiger partial charge in [-0.1, -0.05) is 12.1 Å². The van der Waals surface area contributed by atoms with Crippen LogP contribution in [-0.4, -0.2) is 18.2 Å². The maximum Gasteiger partial charge on any atom is 0.335 e. The zero-order valence-electron chi connectivity index (χ0n) is 11.3. The highest BCUT2D eigenvalue weighted by atomic mass is 16.5. The molecule has 1 aliphatic rings. The number of carbonyl (C=O) groups is 1. The van der Waals surface area contributed by atoms with Gasteiger partial charge in [-0.3, -0.25) is 0 Å². The van der Waals surface area contributed by atoms with Crippen LogP contribution in [0.1, 0.15) is 32.6 Å². The van der Waals surface area contributed by atoms with E-state index in [0.29, 0.717) is 5.56 Å². The average Bonchev–Trinajstić information content (AvgIpc) is 2.64. The van der Waals surface area contributed by atoms with Crippen molar-refractivity contribution in [3.63, 3.8) is 0 Å². The second kappa shape index (κ2) is 5.00. The van der Waals surface area contributed by atoms with Gasteiger partial charge in [-0.05, 0) is 65.8 Å². The average molecular weight is 268 g/mol. The molecular formula is C17H16O3. The molecule has 0 heterocycles. The first-order valence-electron chi connectivity index (χ1n) is 6.68. The van der Waals surface area contributed by atoms with E-state index in [2.05, 4.69) is 12.1 Å². The van der Waals surface area contributed by atoms with Crippen LogP contribution in [0.3, 0.4) is 0 Å². The number of aryl methyl sites for hydroxylation is 2. The van der Waals surface area contributed by atoms with Gasteiger partial charge in [-0.2, -0.15) is 0 Å². The lowest BCUT2D eigenvalue weighted by molar-refractivity contribution is 0.0696. The summed E-state index contributed by atoms with van der Waals surface area (Å²) in [4.78, 5) is 11.1. The van der Waals surface area contributed by atoms with Crippen molar-refractivity contribution in [3.05, 3.63) is 64.2 Å². The van der Waals surface area contributed by atoms with Crippen LogP contribution in [0.5, 0.6) is 5.75 Å². The van der Waals surface area contributed by atoms with Gasteiger partial charge >= 0.3 is 5.97 Å². The molecule has 3 nitrogen and oxygen atoms in total. The highest BCUT2D eigenvalue weighted by molar-refractivity contribution is 5.88. The fourth-order valence-corrected chi connectivity index (χ4v) is 2.78. The van der Waals surface area contributed by atoms with E-state index in [1.165, 1.54) is 16.7 Å². The van der Waals surface area contributed by atoms with E-state index in [1.54, 1.807) is 19.2 Å². The lowest BCUT2D eigenvalue weighted by Gasteiger charge is -2.08. The second-order valence-corrected chi connectivity index (χ2v) is 5.10. The highest BCUT2D eigenvalue weighted by Crippen LogP contribution is 2.27. The normalized spacial score (nSPS) is 13.1. The molecular weight excluding hydrogens is 252 g/mol. The van der Waals surface area contributed by atoms with Crippen LogP contribution in [0.4, 0.5) is 0 Å². The summed E-state index contributed by atoms with van der Waals surface area (Å²) >= 11 is 0. The van der Waals surface area contributed by atoms with Crippen molar-refractivity contribution in [2.45, 2.75) is 19.3 Å². The van der Waals surface area contributed by atoms with Gasteiger partial charge in [0.15, 0.2) is 0 Å². The molecule has 3 rings (SSSR count). The van der Waals surface area contributed by atoms with Crippen molar-refractivity contribution in [2.24, 2.45) is 0 Å². The maximum atomic E-state index is 11.1. The van der Waals surface area contributed by atoms with Crippen molar-refractivity contribution in [1.29, 1.82) is 0 Å². The molecule has 1 aliphatic carbocycles. The zero-order valence-corrected chi connectivity index (χ0v) is 11.3. The predicted octanol–water partition coefficient (Wildman–Crippen LogP) is 3.08. The van der Waals surface area contributed by atoms with E-state index in [1.807, 2.05) is 12.1 Å². The van der Waals surface area contributed by atoms with Gasteiger partial charge in [0.05, 0.1) is 12.7 Å². The summed E-state index contributed by atoms with van der Waals surface area (Å²) in [5.74, 6) is 0.00734. The van der Waals surface area contributed by atoms with Gasteiger partial charge in [-0.15, -0.1) is 0 Å². The molecule has 0 amide bonds. The third-order valence-electron chi connectivity index (χ3n) is 3.91. The number of methoxy groups -OCH3 is 1. The van der Waals surface area contributed by atoms with Crippen molar-refractivity contribution in [3.8, 4) is 5.75 Å². The third-order valence-corrected chi connectivity index (χ3v) is 3.91. The molecule has 0 spiro atoms. The molecule has 0 aliphatic heterocycles. The Morgan fingerprint density at radius 1 is 1.00 bits per heavy atom. The predicted molar refractivity (Wildman–Crippen MR) is 76.6 cm³/mol. The first kappa shape index (κ1) is 12.7. The van der Waals surface area contributed by atoms with Gasteiger partial charge in [0.25, 0.3) is 0 Å². The molecule has 0 radical (unpaired) electrons. The number of fused-ring (bicyclic) bond motifs is 2. The lowest BCUT2D eigenvalue weighted by Crippen LogP contribution is -2.00. The Morgan fingerprint density at radius 2 is 1.75 bits per heavy atom. The zero-order chi connectivity index (χ0) is 14.1. The fourth-order valence-electron chi connectivity index (χ4n) is 2.78. The molecule has 0 unspecified atom stereocenters. The SMILES string of the molecule is COc1ccc2c(c1)CCc1ccc(C(=O)O)cc1C2. The maximum absolute atomic E-state index is 11.1. The van der Waals surface area contributed by atoms with E-state index >= 15 is 0 Å². The lowest BCUT2D eigenvalue weighted by atomic mass is 9.98. The number of carboxylic acids is 1. The number of hydrogen-bond donors (Lipinski definition) is 1. The summed E-state index contributed by atoms with van der Waals surface area (Å²) in [6.45, 7) is 0. The van der Waals surface area contributed by atoms with Crippen LogP contribution < -0.4 is 4.74 Å². The fraction of sp³-hybridized carbons (Fsp3) is 0.235.